The molecule has 1 heterocycles. The quantitative estimate of drug-likeness (QED) is 0.720. The van der Waals surface area contributed by atoms with Crippen LogP contribution >= 0.6 is 11.6 Å². The van der Waals surface area contributed by atoms with E-state index in [0.29, 0.717) is 17.8 Å². The van der Waals surface area contributed by atoms with Crippen LogP contribution in [0.1, 0.15) is 49.8 Å². The second kappa shape index (κ2) is 2.96. The largest absolute Gasteiger partial charge is 0.311 e. The molecular weight excluding hydrogens is 198 g/mol. The summed E-state index contributed by atoms with van der Waals surface area (Å²) in [6, 6.07) is 0.654. The van der Waals surface area contributed by atoms with Crippen molar-refractivity contribution in [3.05, 3.63) is 11.6 Å². The number of rotatable bonds is 3. The first-order chi connectivity index (χ1) is 6.81. The zero-order valence-corrected chi connectivity index (χ0v) is 9.04. The third kappa shape index (κ3) is 1.26. The summed E-state index contributed by atoms with van der Waals surface area (Å²) >= 11 is 5.86. The van der Waals surface area contributed by atoms with E-state index in [0.717, 1.165) is 11.7 Å². The van der Waals surface area contributed by atoms with Gasteiger partial charge >= 0.3 is 0 Å². The first kappa shape index (κ1) is 8.72. The fourth-order valence-electron chi connectivity index (χ4n) is 2.09. The average molecular weight is 212 g/mol. The van der Waals surface area contributed by atoms with Crippen LogP contribution in [0.5, 0.6) is 0 Å². The Morgan fingerprint density at radius 1 is 1.43 bits per heavy atom. The molecule has 2 unspecified atom stereocenters. The summed E-state index contributed by atoms with van der Waals surface area (Å²) in [6.45, 7) is 2.27. The van der Waals surface area contributed by atoms with Crippen molar-refractivity contribution in [2.24, 2.45) is 5.92 Å². The Balaban J connectivity index is 1.97. The molecule has 14 heavy (non-hydrogen) atoms. The maximum absolute atomic E-state index is 5.86. The van der Waals surface area contributed by atoms with Crippen LogP contribution in [0.3, 0.4) is 0 Å². The molecule has 0 amide bonds. The van der Waals surface area contributed by atoms with Crippen LogP contribution in [0, 0.1) is 5.92 Å². The first-order valence-electron chi connectivity index (χ1n) is 5.31. The van der Waals surface area contributed by atoms with Crippen molar-refractivity contribution in [3.8, 4) is 0 Å². The lowest BCUT2D eigenvalue weighted by atomic mass is 10.3. The summed E-state index contributed by atoms with van der Waals surface area (Å²) in [7, 11) is 0. The molecule has 0 saturated heterocycles. The van der Waals surface area contributed by atoms with E-state index in [1.165, 1.54) is 25.1 Å². The lowest BCUT2D eigenvalue weighted by Crippen LogP contribution is -2.04. The number of alkyl halides is 1. The van der Waals surface area contributed by atoms with E-state index in [-0.39, 0.29) is 0 Å². The fourth-order valence-corrected chi connectivity index (χ4v) is 2.28. The Morgan fingerprint density at radius 3 is 2.64 bits per heavy atom. The van der Waals surface area contributed by atoms with Crippen LogP contribution in [0.15, 0.2) is 0 Å². The van der Waals surface area contributed by atoms with Crippen LogP contribution in [0.2, 0.25) is 0 Å². The highest BCUT2D eigenvalue weighted by Gasteiger charge is 2.41. The standard InChI is InChI=1S/C10H14ClN3/c1-6-4-8(6)10-13-12-9(5-11)14(10)7-2-3-7/h6-8H,2-5H2,1H3. The molecule has 2 saturated carbocycles. The van der Waals surface area contributed by atoms with E-state index in [4.69, 9.17) is 11.6 Å². The molecule has 3 rings (SSSR count). The minimum atomic E-state index is 0.491. The van der Waals surface area contributed by atoms with Gasteiger partial charge in [-0.2, -0.15) is 0 Å². The van der Waals surface area contributed by atoms with Gasteiger partial charge in [-0.3, -0.25) is 0 Å². The highest BCUT2D eigenvalue weighted by molar-refractivity contribution is 6.16. The van der Waals surface area contributed by atoms with Gasteiger partial charge in [0.2, 0.25) is 0 Å². The molecule has 0 N–H and O–H groups in total. The third-order valence-electron chi connectivity index (χ3n) is 3.27. The Morgan fingerprint density at radius 2 is 2.14 bits per heavy atom. The van der Waals surface area contributed by atoms with Gasteiger partial charge in [-0.05, 0) is 25.2 Å². The normalized spacial score (nSPS) is 30.7. The fraction of sp³-hybridized carbons (Fsp3) is 0.800. The van der Waals surface area contributed by atoms with Gasteiger partial charge in [0.25, 0.3) is 0 Å². The van der Waals surface area contributed by atoms with Crippen molar-refractivity contribution in [1.29, 1.82) is 0 Å². The molecular formula is C10H14ClN3. The summed E-state index contributed by atoms with van der Waals surface area (Å²) in [5.41, 5.74) is 0. The molecule has 1 aromatic heterocycles. The van der Waals surface area contributed by atoms with E-state index in [1.807, 2.05) is 0 Å². The van der Waals surface area contributed by atoms with Gasteiger partial charge in [0.1, 0.15) is 11.6 Å². The zero-order valence-electron chi connectivity index (χ0n) is 8.28. The van der Waals surface area contributed by atoms with Gasteiger partial charge in [0.05, 0.1) is 5.88 Å². The molecule has 4 heteroatoms. The monoisotopic (exact) mass is 211 g/mol. The molecule has 2 atom stereocenters. The van der Waals surface area contributed by atoms with Crippen molar-refractivity contribution >= 4 is 11.6 Å². The highest BCUT2D eigenvalue weighted by Crippen LogP contribution is 2.49. The summed E-state index contributed by atoms with van der Waals surface area (Å²) in [5, 5.41) is 8.46. The zero-order chi connectivity index (χ0) is 9.71. The Hall–Kier alpha value is -0.570. The van der Waals surface area contributed by atoms with E-state index in [9.17, 15) is 0 Å². The van der Waals surface area contributed by atoms with E-state index in [2.05, 4.69) is 21.7 Å². The van der Waals surface area contributed by atoms with Gasteiger partial charge in [-0.15, -0.1) is 21.8 Å². The van der Waals surface area contributed by atoms with E-state index < -0.39 is 0 Å². The molecule has 0 spiro atoms. The highest BCUT2D eigenvalue weighted by atomic mass is 35.5. The van der Waals surface area contributed by atoms with E-state index >= 15 is 0 Å². The van der Waals surface area contributed by atoms with Crippen LogP contribution in [-0.2, 0) is 5.88 Å². The van der Waals surface area contributed by atoms with Crippen LogP contribution in [-0.4, -0.2) is 14.8 Å². The molecule has 2 aliphatic rings. The number of aromatic nitrogens is 3. The maximum atomic E-state index is 5.86. The SMILES string of the molecule is CC1CC1c1nnc(CCl)n1C1CC1. The van der Waals surface area contributed by atoms with Crippen molar-refractivity contribution in [1.82, 2.24) is 14.8 Å². The Bertz CT molecular complexity index is 356. The number of halogens is 1. The second-order valence-electron chi connectivity index (χ2n) is 4.53. The summed E-state index contributed by atoms with van der Waals surface area (Å²) < 4.78 is 2.29. The van der Waals surface area contributed by atoms with Gasteiger partial charge in [0, 0.05) is 12.0 Å². The average Bonchev–Trinajstić information content (AvgIpc) is 3.09. The maximum Gasteiger partial charge on any atom is 0.148 e. The molecule has 76 valence electrons. The van der Waals surface area contributed by atoms with Gasteiger partial charge < -0.3 is 4.57 Å². The molecule has 0 aliphatic heterocycles. The number of nitrogens with zero attached hydrogens (tertiary/aromatic N) is 3. The topological polar surface area (TPSA) is 30.7 Å². The van der Waals surface area contributed by atoms with E-state index in [1.54, 1.807) is 0 Å². The number of hydrogen-bond acceptors (Lipinski definition) is 2. The Labute approximate surface area is 88.5 Å². The number of hydrogen-bond donors (Lipinski definition) is 0. The van der Waals surface area contributed by atoms with Gasteiger partial charge in [-0.1, -0.05) is 6.92 Å². The predicted molar refractivity (Wildman–Crippen MR) is 54.4 cm³/mol. The van der Waals surface area contributed by atoms with Crippen molar-refractivity contribution < 1.29 is 0 Å². The van der Waals surface area contributed by atoms with Gasteiger partial charge in [0.15, 0.2) is 0 Å². The van der Waals surface area contributed by atoms with Crippen molar-refractivity contribution in [3.63, 3.8) is 0 Å². The first-order valence-corrected chi connectivity index (χ1v) is 5.84. The predicted octanol–water partition coefficient (Wildman–Crippen LogP) is 2.48. The van der Waals surface area contributed by atoms with Crippen LogP contribution < -0.4 is 0 Å². The molecule has 0 radical (unpaired) electrons. The summed E-state index contributed by atoms with van der Waals surface area (Å²) in [4.78, 5) is 0. The van der Waals surface area contributed by atoms with Crippen LogP contribution in [0.25, 0.3) is 0 Å². The lowest BCUT2D eigenvalue weighted by Gasteiger charge is -2.06. The van der Waals surface area contributed by atoms with Gasteiger partial charge in [-0.25, -0.2) is 0 Å². The molecule has 0 aromatic carbocycles. The Kier molecular flexibility index (Phi) is 1.84. The minimum absolute atomic E-state index is 0.491. The van der Waals surface area contributed by atoms with Crippen molar-refractivity contribution in [2.75, 3.05) is 0 Å². The third-order valence-corrected chi connectivity index (χ3v) is 3.50. The molecule has 0 bridgehead atoms. The summed E-state index contributed by atoms with van der Waals surface area (Å²) in [5.74, 6) is 4.09. The molecule has 2 fully saturated rings. The minimum Gasteiger partial charge on any atom is -0.311 e. The molecule has 3 nitrogen and oxygen atoms in total. The smallest absolute Gasteiger partial charge is 0.148 e. The van der Waals surface area contributed by atoms with Crippen LogP contribution in [0.4, 0.5) is 0 Å². The lowest BCUT2D eigenvalue weighted by molar-refractivity contribution is 0.650. The molecule has 1 aromatic rings. The van der Waals surface area contributed by atoms with Crippen molar-refractivity contribution in [2.45, 2.75) is 44.0 Å². The molecule has 2 aliphatic carbocycles. The second-order valence-corrected chi connectivity index (χ2v) is 4.80. The summed E-state index contributed by atoms with van der Waals surface area (Å²) in [6.07, 6.45) is 3.82.